The highest BCUT2D eigenvalue weighted by Gasteiger charge is 2.32. The number of carbonyl (C=O) groups is 1. The first-order valence-corrected chi connectivity index (χ1v) is 11.8. The monoisotopic (exact) mass is 480 g/mol. The first-order chi connectivity index (χ1) is 13.8. The number of aryl methyl sites for hydroxylation is 1. The van der Waals surface area contributed by atoms with Crippen molar-refractivity contribution in [3.05, 3.63) is 52.5 Å². The molecule has 1 saturated heterocycles. The minimum absolute atomic E-state index is 0.0762. The van der Waals surface area contributed by atoms with Crippen molar-refractivity contribution in [3.8, 4) is 5.75 Å². The van der Waals surface area contributed by atoms with Gasteiger partial charge in [0.25, 0.3) is 0 Å². The van der Waals surface area contributed by atoms with Gasteiger partial charge in [-0.05, 0) is 84.6 Å². The number of piperidine rings is 1. The Labute approximate surface area is 180 Å². The van der Waals surface area contributed by atoms with Crippen molar-refractivity contribution in [1.29, 1.82) is 0 Å². The van der Waals surface area contributed by atoms with Crippen molar-refractivity contribution in [3.63, 3.8) is 0 Å². The number of nitrogens with one attached hydrogen (secondary N) is 1. The summed E-state index contributed by atoms with van der Waals surface area (Å²) in [4.78, 5) is 12.9. The summed E-state index contributed by atoms with van der Waals surface area (Å²) < 4.78 is 33.4. The number of halogens is 1. The summed E-state index contributed by atoms with van der Waals surface area (Å²) >= 11 is 3.46. The van der Waals surface area contributed by atoms with E-state index in [9.17, 15) is 13.2 Å². The SMILES string of the molecule is CCOc1ccc(S(=O)(=O)N2CCC(C(=O)Nc3ccc(C)cc3Br)CC2)cc1. The molecule has 1 amide bonds. The zero-order valence-electron chi connectivity index (χ0n) is 16.5. The summed E-state index contributed by atoms with van der Waals surface area (Å²) in [5.74, 6) is 0.353. The molecule has 0 unspecified atom stereocenters. The summed E-state index contributed by atoms with van der Waals surface area (Å²) in [6, 6.07) is 12.2. The second kappa shape index (κ2) is 9.28. The molecule has 0 aromatic heterocycles. The maximum absolute atomic E-state index is 12.9. The fourth-order valence-corrected chi connectivity index (χ4v) is 5.40. The maximum Gasteiger partial charge on any atom is 0.243 e. The van der Waals surface area contributed by atoms with Crippen LogP contribution in [0.25, 0.3) is 0 Å². The molecule has 0 aliphatic carbocycles. The van der Waals surface area contributed by atoms with Gasteiger partial charge in [0.05, 0.1) is 17.2 Å². The molecule has 0 spiro atoms. The number of ether oxygens (including phenoxy) is 1. The lowest BCUT2D eigenvalue weighted by Gasteiger charge is -2.30. The van der Waals surface area contributed by atoms with Crippen molar-refractivity contribution in [2.75, 3.05) is 25.0 Å². The van der Waals surface area contributed by atoms with E-state index in [1.165, 1.54) is 4.31 Å². The lowest BCUT2D eigenvalue weighted by molar-refractivity contribution is -0.120. The predicted octanol–water partition coefficient (Wildman–Crippen LogP) is 4.20. The smallest absolute Gasteiger partial charge is 0.243 e. The van der Waals surface area contributed by atoms with E-state index in [1.807, 2.05) is 32.0 Å². The lowest BCUT2D eigenvalue weighted by Crippen LogP contribution is -2.41. The van der Waals surface area contributed by atoms with Crippen molar-refractivity contribution in [1.82, 2.24) is 4.31 Å². The number of hydrogen-bond donors (Lipinski definition) is 1. The zero-order valence-corrected chi connectivity index (χ0v) is 18.9. The molecule has 2 aromatic carbocycles. The van der Waals surface area contributed by atoms with Gasteiger partial charge < -0.3 is 10.1 Å². The van der Waals surface area contributed by atoms with E-state index in [1.54, 1.807) is 24.3 Å². The minimum Gasteiger partial charge on any atom is -0.494 e. The van der Waals surface area contributed by atoms with E-state index in [0.29, 0.717) is 38.3 Å². The number of anilines is 1. The molecule has 1 heterocycles. The highest BCUT2D eigenvalue weighted by molar-refractivity contribution is 9.10. The standard InChI is InChI=1S/C21H25BrN2O4S/c1-3-28-17-5-7-18(8-6-17)29(26,27)24-12-10-16(11-13-24)21(25)23-20-9-4-15(2)14-19(20)22/h4-9,14,16H,3,10-13H2,1-2H3,(H,23,25). The van der Waals surface area contributed by atoms with Crippen LogP contribution in [-0.2, 0) is 14.8 Å². The molecule has 1 aliphatic heterocycles. The van der Waals surface area contributed by atoms with Crippen LogP contribution in [0.2, 0.25) is 0 Å². The topological polar surface area (TPSA) is 75.7 Å². The van der Waals surface area contributed by atoms with Crippen molar-refractivity contribution >= 4 is 37.5 Å². The molecule has 3 rings (SSSR count). The second-order valence-corrected chi connectivity index (χ2v) is 9.85. The number of benzene rings is 2. The van der Waals surface area contributed by atoms with Crippen LogP contribution < -0.4 is 10.1 Å². The van der Waals surface area contributed by atoms with Crippen LogP contribution in [0.15, 0.2) is 51.8 Å². The summed E-state index contributed by atoms with van der Waals surface area (Å²) in [7, 11) is -3.57. The van der Waals surface area contributed by atoms with Gasteiger partial charge in [-0.25, -0.2) is 8.42 Å². The van der Waals surface area contributed by atoms with Crippen LogP contribution in [0.3, 0.4) is 0 Å². The van der Waals surface area contributed by atoms with E-state index in [2.05, 4.69) is 21.2 Å². The van der Waals surface area contributed by atoms with Gasteiger partial charge in [-0.2, -0.15) is 4.31 Å². The Kier molecular flexibility index (Phi) is 6.97. The summed E-state index contributed by atoms with van der Waals surface area (Å²) in [5.41, 5.74) is 1.83. The van der Waals surface area contributed by atoms with Gasteiger partial charge in [0.2, 0.25) is 15.9 Å². The lowest BCUT2D eigenvalue weighted by atomic mass is 9.97. The van der Waals surface area contributed by atoms with E-state index >= 15 is 0 Å². The fourth-order valence-electron chi connectivity index (χ4n) is 3.34. The Morgan fingerprint density at radius 1 is 1.17 bits per heavy atom. The molecule has 0 radical (unpaired) electrons. The van der Waals surface area contributed by atoms with Crippen molar-refractivity contribution in [2.45, 2.75) is 31.6 Å². The van der Waals surface area contributed by atoms with Gasteiger partial charge in [-0.3, -0.25) is 4.79 Å². The molecule has 8 heteroatoms. The van der Waals surface area contributed by atoms with Crippen LogP contribution in [-0.4, -0.2) is 38.3 Å². The summed E-state index contributed by atoms with van der Waals surface area (Å²) in [6.07, 6.45) is 0.983. The number of carbonyl (C=O) groups excluding carboxylic acids is 1. The molecule has 29 heavy (non-hydrogen) atoms. The van der Waals surface area contributed by atoms with Crippen LogP contribution in [0.1, 0.15) is 25.3 Å². The zero-order chi connectivity index (χ0) is 21.0. The molecule has 2 aromatic rings. The summed E-state index contributed by atoms with van der Waals surface area (Å²) in [6.45, 7) is 5.03. The fraction of sp³-hybridized carbons (Fsp3) is 0.381. The third-order valence-electron chi connectivity index (χ3n) is 4.98. The minimum atomic E-state index is -3.57. The molecule has 0 atom stereocenters. The average molecular weight is 481 g/mol. The normalized spacial score (nSPS) is 15.8. The Balaban J connectivity index is 1.61. The van der Waals surface area contributed by atoms with Crippen LogP contribution in [0.5, 0.6) is 5.75 Å². The Morgan fingerprint density at radius 2 is 1.83 bits per heavy atom. The molecule has 156 valence electrons. The van der Waals surface area contributed by atoms with Gasteiger partial charge in [0.1, 0.15) is 5.75 Å². The number of nitrogens with zero attached hydrogens (tertiary/aromatic N) is 1. The van der Waals surface area contributed by atoms with Gasteiger partial charge in [0, 0.05) is 23.5 Å². The molecule has 1 aliphatic rings. The molecule has 6 nitrogen and oxygen atoms in total. The number of amides is 1. The van der Waals surface area contributed by atoms with Crippen LogP contribution in [0, 0.1) is 12.8 Å². The first kappa shape index (κ1) is 21.8. The highest BCUT2D eigenvalue weighted by Crippen LogP contribution is 2.28. The molecular weight excluding hydrogens is 456 g/mol. The van der Waals surface area contributed by atoms with Gasteiger partial charge in [-0.15, -0.1) is 0 Å². The Hall–Kier alpha value is -1.90. The van der Waals surface area contributed by atoms with E-state index < -0.39 is 10.0 Å². The third-order valence-corrected chi connectivity index (χ3v) is 7.55. The number of sulfonamides is 1. The van der Waals surface area contributed by atoms with Crippen LogP contribution in [0.4, 0.5) is 5.69 Å². The maximum atomic E-state index is 12.9. The average Bonchev–Trinajstić information content (AvgIpc) is 2.71. The predicted molar refractivity (Wildman–Crippen MR) is 117 cm³/mol. The summed E-state index contributed by atoms with van der Waals surface area (Å²) in [5, 5.41) is 2.94. The van der Waals surface area contributed by atoms with Crippen LogP contribution >= 0.6 is 15.9 Å². The second-order valence-electron chi connectivity index (χ2n) is 7.06. The Bertz CT molecular complexity index is 969. The largest absolute Gasteiger partial charge is 0.494 e. The van der Waals surface area contributed by atoms with Gasteiger partial charge >= 0.3 is 0 Å². The molecule has 1 N–H and O–H groups in total. The van der Waals surface area contributed by atoms with E-state index in [0.717, 1.165) is 15.7 Å². The molecular formula is C21H25BrN2O4S. The molecule has 1 fully saturated rings. The Morgan fingerprint density at radius 3 is 2.41 bits per heavy atom. The molecule has 0 saturated carbocycles. The third kappa shape index (κ3) is 5.18. The van der Waals surface area contributed by atoms with E-state index in [4.69, 9.17) is 4.74 Å². The first-order valence-electron chi connectivity index (χ1n) is 9.61. The van der Waals surface area contributed by atoms with Gasteiger partial charge in [-0.1, -0.05) is 6.07 Å². The number of hydrogen-bond acceptors (Lipinski definition) is 4. The highest BCUT2D eigenvalue weighted by atomic mass is 79.9. The molecule has 0 bridgehead atoms. The van der Waals surface area contributed by atoms with Crippen molar-refractivity contribution < 1.29 is 17.9 Å². The number of rotatable bonds is 6. The quantitative estimate of drug-likeness (QED) is 0.671. The van der Waals surface area contributed by atoms with Crippen molar-refractivity contribution in [2.24, 2.45) is 5.92 Å². The van der Waals surface area contributed by atoms with Gasteiger partial charge in [0.15, 0.2) is 0 Å². The van der Waals surface area contributed by atoms with E-state index in [-0.39, 0.29) is 16.7 Å².